The van der Waals surface area contributed by atoms with E-state index in [-0.39, 0.29) is 11.6 Å². The van der Waals surface area contributed by atoms with Crippen LogP contribution in [0.2, 0.25) is 0 Å². The monoisotopic (exact) mass is 362 g/mol. The fourth-order valence-electron chi connectivity index (χ4n) is 4.05. The van der Waals surface area contributed by atoms with Gasteiger partial charge in [0.05, 0.1) is 0 Å². The maximum absolute atomic E-state index is 14.8. The molecule has 0 N–H and O–H groups in total. The van der Waals surface area contributed by atoms with E-state index in [9.17, 15) is 8.78 Å². The molecule has 27 heavy (non-hydrogen) atoms. The summed E-state index contributed by atoms with van der Waals surface area (Å²) in [5.74, 6) is -0.555. The van der Waals surface area contributed by atoms with E-state index in [4.69, 9.17) is 0 Å². The lowest BCUT2D eigenvalue weighted by Gasteiger charge is -2.22. The summed E-state index contributed by atoms with van der Waals surface area (Å²) in [5.41, 5.74) is 7.29. The molecule has 0 nitrogen and oxygen atoms in total. The second kappa shape index (κ2) is 7.64. The van der Waals surface area contributed by atoms with Crippen LogP contribution in [0.25, 0.3) is 22.3 Å². The lowest BCUT2D eigenvalue weighted by atomic mass is 9.83. The molecule has 3 aromatic rings. The summed E-state index contributed by atoms with van der Waals surface area (Å²) >= 11 is 0. The highest BCUT2D eigenvalue weighted by atomic mass is 19.1. The molecule has 4 rings (SSSR count). The van der Waals surface area contributed by atoms with Gasteiger partial charge in [0, 0.05) is 5.56 Å². The molecule has 0 unspecified atom stereocenters. The van der Waals surface area contributed by atoms with Crippen LogP contribution in [0.4, 0.5) is 8.78 Å². The van der Waals surface area contributed by atoms with Crippen molar-refractivity contribution in [2.75, 3.05) is 0 Å². The summed E-state index contributed by atoms with van der Waals surface area (Å²) in [4.78, 5) is 0. The van der Waals surface area contributed by atoms with Gasteiger partial charge in [-0.2, -0.15) is 0 Å². The van der Waals surface area contributed by atoms with Gasteiger partial charge >= 0.3 is 0 Å². The first-order valence-electron chi connectivity index (χ1n) is 9.86. The van der Waals surface area contributed by atoms with Gasteiger partial charge in [0.1, 0.15) is 11.6 Å². The molecule has 0 aromatic heterocycles. The molecule has 2 heteroatoms. The fourth-order valence-corrected chi connectivity index (χ4v) is 4.05. The average Bonchev–Trinajstić information content (AvgIpc) is 2.68. The third kappa shape index (κ3) is 3.66. The number of unbranched alkanes of at least 4 members (excludes halogenated alkanes) is 2. The summed E-state index contributed by atoms with van der Waals surface area (Å²) in [6.07, 6.45) is 6.73. The number of hydrogen-bond donors (Lipinski definition) is 0. The van der Waals surface area contributed by atoms with E-state index in [0.29, 0.717) is 11.1 Å². The van der Waals surface area contributed by atoms with Crippen LogP contribution in [-0.2, 0) is 19.3 Å². The van der Waals surface area contributed by atoms with Crippen molar-refractivity contribution in [2.24, 2.45) is 0 Å². The Hall–Kier alpha value is -2.48. The summed E-state index contributed by atoms with van der Waals surface area (Å²) in [7, 11) is 0. The molecule has 0 bridgehead atoms. The summed E-state index contributed by atoms with van der Waals surface area (Å²) in [5, 5.41) is 0. The van der Waals surface area contributed by atoms with Crippen molar-refractivity contribution in [3.8, 4) is 22.3 Å². The van der Waals surface area contributed by atoms with E-state index < -0.39 is 0 Å². The molecule has 0 spiro atoms. The third-order valence-corrected chi connectivity index (χ3v) is 5.54. The lowest BCUT2D eigenvalue weighted by Crippen LogP contribution is -2.06. The van der Waals surface area contributed by atoms with Crippen LogP contribution in [0.3, 0.4) is 0 Å². The minimum absolute atomic E-state index is 0.250. The Morgan fingerprint density at radius 2 is 1.48 bits per heavy atom. The van der Waals surface area contributed by atoms with Crippen LogP contribution >= 0.6 is 0 Å². The molecule has 0 radical (unpaired) electrons. The van der Waals surface area contributed by atoms with Crippen molar-refractivity contribution in [1.29, 1.82) is 0 Å². The molecule has 0 atom stereocenters. The van der Waals surface area contributed by atoms with Crippen molar-refractivity contribution in [3.05, 3.63) is 82.9 Å². The minimum Gasteiger partial charge on any atom is -0.207 e. The van der Waals surface area contributed by atoms with Gasteiger partial charge in [-0.05, 0) is 83.3 Å². The van der Waals surface area contributed by atoms with Crippen molar-refractivity contribution >= 4 is 0 Å². The Labute approximate surface area is 159 Å². The number of hydrogen-bond acceptors (Lipinski definition) is 0. The van der Waals surface area contributed by atoms with Gasteiger partial charge < -0.3 is 0 Å². The van der Waals surface area contributed by atoms with E-state index in [1.54, 1.807) is 18.2 Å². The predicted molar refractivity (Wildman–Crippen MR) is 108 cm³/mol. The number of halogens is 2. The molecule has 0 fully saturated rings. The third-order valence-electron chi connectivity index (χ3n) is 5.54. The molecule has 1 aliphatic carbocycles. The van der Waals surface area contributed by atoms with Gasteiger partial charge in [-0.25, -0.2) is 8.78 Å². The molecule has 0 saturated carbocycles. The molecular weight excluding hydrogens is 338 g/mol. The predicted octanol–water partition coefficient (Wildman–Crippen LogP) is 7.13. The Morgan fingerprint density at radius 3 is 2.22 bits per heavy atom. The maximum atomic E-state index is 14.8. The molecule has 0 aliphatic heterocycles. The maximum Gasteiger partial charge on any atom is 0.131 e. The zero-order chi connectivity index (χ0) is 18.8. The normalized spacial score (nSPS) is 12.6. The molecule has 1 aliphatic rings. The van der Waals surface area contributed by atoms with E-state index in [1.165, 1.54) is 48.1 Å². The Kier molecular flexibility index (Phi) is 5.07. The van der Waals surface area contributed by atoms with Crippen molar-refractivity contribution < 1.29 is 8.78 Å². The lowest BCUT2D eigenvalue weighted by molar-refractivity contribution is 0.625. The van der Waals surface area contributed by atoms with Crippen molar-refractivity contribution in [2.45, 2.75) is 45.4 Å². The first-order chi connectivity index (χ1) is 13.2. The van der Waals surface area contributed by atoms with Crippen molar-refractivity contribution in [3.63, 3.8) is 0 Å². The van der Waals surface area contributed by atoms with Crippen LogP contribution in [0.5, 0.6) is 0 Å². The fraction of sp³-hybridized carbons (Fsp3) is 0.280. The van der Waals surface area contributed by atoms with Crippen LogP contribution in [0.1, 0.15) is 42.9 Å². The Morgan fingerprint density at radius 1 is 0.741 bits per heavy atom. The number of rotatable bonds is 5. The number of fused-ring (bicyclic) bond motifs is 3. The highest BCUT2D eigenvalue weighted by molar-refractivity contribution is 5.78. The van der Waals surface area contributed by atoms with Gasteiger partial charge in [0.2, 0.25) is 0 Å². The second-order valence-electron chi connectivity index (χ2n) is 7.44. The summed E-state index contributed by atoms with van der Waals surface area (Å²) < 4.78 is 28.0. The van der Waals surface area contributed by atoms with Crippen LogP contribution < -0.4 is 0 Å². The zero-order valence-corrected chi connectivity index (χ0v) is 15.7. The van der Waals surface area contributed by atoms with Crippen molar-refractivity contribution in [1.82, 2.24) is 0 Å². The van der Waals surface area contributed by atoms with Gasteiger partial charge in [0.25, 0.3) is 0 Å². The molecule has 0 heterocycles. The van der Waals surface area contributed by atoms with Gasteiger partial charge in [0.15, 0.2) is 0 Å². The van der Waals surface area contributed by atoms with Gasteiger partial charge in [-0.1, -0.05) is 50.1 Å². The number of aryl methyl sites for hydroxylation is 3. The summed E-state index contributed by atoms with van der Waals surface area (Å²) in [6.45, 7) is 2.22. The highest BCUT2D eigenvalue weighted by Gasteiger charge is 2.19. The standard InChI is InChI=1S/C25H24F2/c1-2-3-4-5-17-6-13-22-19(14-17)7-8-20-15-24(25(27)16-23(20)22)18-9-11-21(26)12-10-18/h6,9-16H,2-5,7-8H2,1H3. The quantitative estimate of drug-likeness (QED) is 0.424. The Balaban J connectivity index is 1.68. The first kappa shape index (κ1) is 17.9. The smallest absolute Gasteiger partial charge is 0.131 e. The van der Waals surface area contributed by atoms with E-state index in [1.807, 2.05) is 6.07 Å². The molecular formula is C25H24F2. The average molecular weight is 362 g/mol. The SMILES string of the molecule is CCCCCc1ccc2c(c1)CCc1cc(-c3ccc(F)cc3)c(F)cc1-2. The van der Waals surface area contributed by atoms with Crippen LogP contribution in [0, 0.1) is 11.6 Å². The molecule has 138 valence electrons. The molecule has 0 amide bonds. The largest absolute Gasteiger partial charge is 0.207 e. The molecule has 0 saturated heterocycles. The topological polar surface area (TPSA) is 0 Å². The van der Waals surface area contributed by atoms with Crippen LogP contribution in [0.15, 0.2) is 54.6 Å². The second-order valence-corrected chi connectivity index (χ2v) is 7.44. The Bertz CT molecular complexity index is 955. The number of benzene rings is 3. The first-order valence-corrected chi connectivity index (χ1v) is 9.86. The van der Waals surface area contributed by atoms with Gasteiger partial charge in [-0.15, -0.1) is 0 Å². The van der Waals surface area contributed by atoms with Crippen LogP contribution in [-0.4, -0.2) is 0 Å². The zero-order valence-electron chi connectivity index (χ0n) is 15.7. The van der Waals surface area contributed by atoms with E-state index in [0.717, 1.165) is 30.4 Å². The van der Waals surface area contributed by atoms with Gasteiger partial charge in [-0.3, -0.25) is 0 Å². The molecule has 3 aromatic carbocycles. The van der Waals surface area contributed by atoms with E-state index in [2.05, 4.69) is 25.1 Å². The summed E-state index contributed by atoms with van der Waals surface area (Å²) in [6, 6.07) is 16.3. The van der Waals surface area contributed by atoms with E-state index >= 15 is 0 Å². The minimum atomic E-state index is -0.305. The highest BCUT2D eigenvalue weighted by Crippen LogP contribution is 2.38.